The highest BCUT2D eigenvalue weighted by atomic mass is 32.1. The quantitative estimate of drug-likeness (QED) is 0.869. The van der Waals surface area contributed by atoms with Gasteiger partial charge in [-0.25, -0.2) is 9.97 Å². The Morgan fingerprint density at radius 1 is 1.39 bits per heavy atom. The molecule has 0 aliphatic carbocycles. The summed E-state index contributed by atoms with van der Waals surface area (Å²) in [6, 6.07) is 3.54. The number of aromatic nitrogens is 2. The Kier molecular flexibility index (Phi) is 4.25. The van der Waals surface area contributed by atoms with Crippen molar-refractivity contribution in [2.24, 2.45) is 0 Å². The summed E-state index contributed by atoms with van der Waals surface area (Å²) in [5, 5.41) is 8.26. The number of rotatable bonds is 5. The van der Waals surface area contributed by atoms with Crippen LogP contribution < -0.4 is 10.6 Å². The predicted molar refractivity (Wildman–Crippen MR) is 73.1 cm³/mol. The van der Waals surface area contributed by atoms with Crippen LogP contribution in [0.1, 0.15) is 23.7 Å². The maximum atomic E-state index is 11.8. The van der Waals surface area contributed by atoms with Crippen LogP contribution >= 0.6 is 11.3 Å². The third-order valence-corrected chi connectivity index (χ3v) is 2.92. The Morgan fingerprint density at radius 2 is 2.28 bits per heavy atom. The van der Waals surface area contributed by atoms with E-state index in [4.69, 9.17) is 0 Å². The molecule has 0 atom stereocenters. The zero-order chi connectivity index (χ0) is 12.8. The summed E-state index contributed by atoms with van der Waals surface area (Å²) < 4.78 is 0. The van der Waals surface area contributed by atoms with E-state index in [2.05, 4.69) is 27.5 Å². The van der Waals surface area contributed by atoms with Gasteiger partial charge in [0, 0.05) is 24.3 Å². The number of hydrogen-bond acceptors (Lipinski definition) is 5. The van der Waals surface area contributed by atoms with Crippen LogP contribution in [-0.4, -0.2) is 22.4 Å². The average Bonchev–Trinajstić information content (AvgIpc) is 2.89. The van der Waals surface area contributed by atoms with Crippen molar-refractivity contribution in [2.45, 2.75) is 13.3 Å². The van der Waals surface area contributed by atoms with E-state index in [1.807, 2.05) is 5.38 Å². The summed E-state index contributed by atoms with van der Waals surface area (Å²) in [6.45, 7) is 2.96. The minimum atomic E-state index is -0.195. The first-order chi connectivity index (χ1) is 8.79. The maximum absolute atomic E-state index is 11.8. The highest BCUT2D eigenvalue weighted by Gasteiger charge is 2.07. The molecule has 2 N–H and O–H groups in total. The molecule has 0 saturated heterocycles. The fourth-order valence-electron chi connectivity index (χ4n) is 1.34. The van der Waals surface area contributed by atoms with E-state index in [1.165, 1.54) is 11.3 Å². The number of thiazole rings is 1. The largest absolute Gasteiger partial charge is 0.370 e. The molecule has 0 bridgehead atoms. The number of carbonyl (C=O) groups is 1. The molecule has 0 aromatic carbocycles. The molecule has 0 aliphatic heterocycles. The molecular weight excluding hydrogens is 248 g/mol. The van der Waals surface area contributed by atoms with E-state index in [0.29, 0.717) is 10.7 Å². The second kappa shape index (κ2) is 6.11. The Morgan fingerprint density at radius 3 is 2.89 bits per heavy atom. The van der Waals surface area contributed by atoms with Gasteiger partial charge in [-0.2, -0.15) is 0 Å². The van der Waals surface area contributed by atoms with Crippen molar-refractivity contribution < 1.29 is 4.79 Å². The molecule has 5 nitrogen and oxygen atoms in total. The second-order valence-corrected chi connectivity index (χ2v) is 4.54. The predicted octanol–water partition coefficient (Wildman–Crippen LogP) is 2.61. The molecule has 94 valence electrons. The van der Waals surface area contributed by atoms with E-state index >= 15 is 0 Å². The van der Waals surface area contributed by atoms with Crippen molar-refractivity contribution in [1.82, 2.24) is 9.97 Å². The van der Waals surface area contributed by atoms with Crippen molar-refractivity contribution in [2.75, 3.05) is 17.2 Å². The van der Waals surface area contributed by atoms with Gasteiger partial charge in [0.05, 0.1) is 5.56 Å². The normalized spacial score (nSPS) is 10.1. The first-order valence-corrected chi connectivity index (χ1v) is 6.58. The Bertz CT molecular complexity index is 495. The lowest BCUT2D eigenvalue weighted by Crippen LogP contribution is -2.12. The average molecular weight is 262 g/mol. The van der Waals surface area contributed by atoms with Gasteiger partial charge in [0.15, 0.2) is 5.13 Å². The summed E-state index contributed by atoms with van der Waals surface area (Å²) in [5.74, 6) is 0.585. The molecule has 0 saturated carbocycles. The van der Waals surface area contributed by atoms with Gasteiger partial charge in [-0.1, -0.05) is 6.92 Å². The van der Waals surface area contributed by atoms with Gasteiger partial charge in [0.1, 0.15) is 5.82 Å². The number of hydrogen-bond donors (Lipinski definition) is 2. The van der Waals surface area contributed by atoms with Crippen LogP contribution in [0.15, 0.2) is 29.9 Å². The van der Waals surface area contributed by atoms with Crippen LogP contribution in [0.5, 0.6) is 0 Å². The van der Waals surface area contributed by atoms with Gasteiger partial charge < -0.3 is 5.32 Å². The Hall–Kier alpha value is -1.95. The van der Waals surface area contributed by atoms with E-state index in [1.54, 1.807) is 24.5 Å². The van der Waals surface area contributed by atoms with E-state index < -0.39 is 0 Å². The number of pyridine rings is 1. The van der Waals surface area contributed by atoms with Crippen LogP contribution in [0.4, 0.5) is 10.9 Å². The molecule has 0 spiro atoms. The van der Waals surface area contributed by atoms with E-state index in [9.17, 15) is 4.79 Å². The first kappa shape index (κ1) is 12.5. The SMILES string of the molecule is CCCNc1ccc(C(=O)Nc2nccs2)cn1. The Labute approximate surface area is 109 Å². The fourth-order valence-corrected chi connectivity index (χ4v) is 1.86. The van der Waals surface area contributed by atoms with E-state index in [-0.39, 0.29) is 5.91 Å². The molecular formula is C12H14N4OS. The third kappa shape index (κ3) is 3.27. The smallest absolute Gasteiger partial charge is 0.259 e. The van der Waals surface area contributed by atoms with Gasteiger partial charge in [0.2, 0.25) is 0 Å². The summed E-state index contributed by atoms with van der Waals surface area (Å²) in [4.78, 5) is 20.0. The van der Waals surface area contributed by atoms with Crippen LogP contribution in [0.25, 0.3) is 0 Å². The zero-order valence-electron chi connectivity index (χ0n) is 10.0. The molecule has 2 rings (SSSR count). The summed E-state index contributed by atoms with van der Waals surface area (Å²) in [5.41, 5.74) is 0.521. The minimum Gasteiger partial charge on any atom is -0.370 e. The lowest BCUT2D eigenvalue weighted by atomic mass is 10.2. The number of nitrogens with zero attached hydrogens (tertiary/aromatic N) is 2. The molecule has 1 amide bonds. The van der Waals surface area contributed by atoms with Crippen LogP contribution in [-0.2, 0) is 0 Å². The van der Waals surface area contributed by atoms with Gasteiger partial charge in [-0.15, -0.1) is 11.3 Å². The monoisotopic (exact) mass is 262 g/mol. The number of anilines is 2. The molecule has 0 fully saturated rings. The second-order valence-electron chi connectivity index (χ2n) is 3.65. The molecule has 0 aliphatic rings. The topological polar surface area (TPSA) is 66.9 Å². The Balaban J connectivity index is 1.98. The van der Waals surface area contributed by atoms with Crippen molar-refractivity contribution in [3.8, 4) is 0 Å². The van der Waals surface area contributed by atoms with Crippen molar-refractivity contribution >= 4 is 28.2 Å². The molecule has 0 unspecified atom stereocenters. The van der Waals surface area contributed by atoms with Crippen molar-refractivity contribution in [1.29, 1.82) is 0 Å². The standard InChI is InChI=1S/C12H14N4OS/c1-2-5-13-10-4-3-9(8-15-10)11(17)16-12-14-6-7-18-12/h3-4,6-8H,2,5H2,1H3,(H,13,15)(H,14,16,17). The fraction of sp³-hybridized carbons (Fsp3) is 0.250. The summed E-state index contributed by atoms with van der Waals surface area (Å²) >= 11 is 1.38. The maximum Gasteiger partial charge on any atom is 0.259 e. The van der Waals surface area contributed by atoms with Gasteiger partial charge in [-0.05, 0) is 18.6 Å². The highest BCUT2D eigenvalue weighted by Crippen LogP contribution is 2.12. The lowest BCUT2D eigenvalue weighted by Gasteiger charge is -2.05. The van der Waals surface area contributed by atoms with Gasteiger partial charge >= 0.3 is 0 Å². The molecule has 6 heteroatoms. The minimum absolute atomic E-state index is 0.195. The number of carbonyl (C=O) groups excluding carboxylic acids is 1. The highest BCUT2D eigenvalue weighted by molar-refractivity contribution is 7.13. The van der Waals surface area contributed by atoms with Crippen molar-refractivity contribution in [3.63, 3.8) is 0 Å². The molecule has 2 aromatic rings. The van der Waals surface area contributed by atoms with Crippen LogP contribution in [0.3, 0.4) is 0 Å². The molecule has 2 heterocycles. The third-order valence-electron chi connectivity index (χ3n) is 2.23. The zero-order valence-corrected chi connectivity index (χ0v) is 10.8. The number of nitrogens with one attached hydrogen (secondary N) is 2. The van der Waals surface area contributed by atoms with Gasteiger partial charge in [0.25, 0.3) is 5.91 Å². The van der Waals surface area contributed by atoms with E-state index in [0.717, 1.165) is 18.8 Å². The molecule has 18 heavy (non-hydrogen) atoms. The van der Waals surface area contributed by atoms with Gasteiger partial charge in [-0.3, -0.25) is 10.1 Å². The first-order valence-electron chi connectivity index (χ1n) is 5.70. The number of amides is 1. The molecule has 0 radical (unpaired) electrons. The summed E-state index contributed by atoms with van der Waals surface area (Å²) in [6.07, 6.45) is 4.24. The molecule has 2 aromatic heterocycles. The van der Waals surface area contributed by atoms with Crippen molar-refractivity contribution in [3.05, 3.63) is 35.5 Å². The summed E-state index contributed by atoms with van der Waals surface area (Å²) in [7, 11) is 0. The van der Waals surface area contributed by atoms with Crippen LogP contribution in [0.2, 0.25) is 0 Å². The van der Waals surface area contributed by atoms with Crippen LogP contribution in [0, 0.1) is 0 Å². The lowest BCUT2D eigenvalue weighted by molar-refractivity contribution is 0.102.